The first kappa shape index (κ1) is 78.5. The van der Waals surface area contributed by atoms with Crippen molar-refractivity contribution in [3.63, 3.8) is 0 Å². The van der Waals surface area contributed by atoms with Gasteiger partial charge in [-0.25, -0.2) is 19.2 Å². The maximum atomic E-state index is 14.4. The molecule has 0 aromatic rings. The van der Waals surface area contributed by atoms with Gasteiger partial charge in [0, 0.05) is 52.4 Å². The maximum absolute atomic E-state index is 14.4. The predicted octanol–water partition coefficient (Wildman–Crippen LogP) is 19.1. The number of hydrogen-bond donors (Lipinski definition) is 1. The molecule has 0 unspecified atom stereocenters. The summed E-state index contributed by atoms with van der Waals surface area (Å²) in [6, 6.07) is 0. The van der Waals surface area contributed by atoms with Crippen LogP contribution in [0.5, 0.6) is 0 Å². The number of ether oxygens (including phenoxy) is 4. The van der Waals surface area contributed by atoms with Crippen molar-refractivity contribution in [1.29, 1.82) is 0 Å². The van der Waals surface area contributed by atoms with Crippen LogP contribution in [-0.4, -0.2) is 131 Å². The SMILES string of the molecule is CCCCCCCCCCCCCCCCCCN(CCCCCCCCCCCCCCCCCC)C(=O)CN(CCCN(CCCCN(CCCNC(=O)OC(C)(C)C)C(=O)OC(C)(C)C)C(=O)OC(C)(C)C)C(=O)OC(C)(C)C. The number of amides is 5. The molecule has 0 aliphatic carbocycles. The summed E-state index contributed by atoms with van der Waals surface area (Å²) in [4.78, 5) is 74.4. The Labute approximate surface area is 505 Å². The first-order valence-electron chi connectivity index (χ1n) is 33.9. The van der Waals surface area contributed by atoms with Crippen LogP contribution in [0, 0.1) is 0 Å². The van der Waals surface area contributed by atoms with E-state index in [4.69, 9.17) is 18.9 Å². The van der Waals surface area contributed by atoms with Gasteiger partial charge >= 0.3 is 24.4 Å². The fourth-order valence-electron chi connectivity index (χ4n) is 9.96. The Morgan fingerprint density at radius 1 is 0.280 bits per heavy atom. The van der Waals surface area contributed by atoms with E-state index in [1.54, 1.807) is 30.6 Å². The van der Waals surface area contributed by atoms with Crippen LogP contribution in [0.25, 0.3) is 0 Å². The molecule has 14 nitrogen and oxygen atoms in total. The average Bonchev–Trinajstić information content (AvgIpc) is 3.36. The fourth-order valence-corrected chi connectivity index (χ4v) is 9.96. The number of carbonyl (C=O) groups excluding carboxylic acids is 5. The second kappa shape index (κ2) is 47.8. The molecule has 5 amide bonds. The molecule has 0 saturated heterocycles. The van der Waals surface area contributed by atoms with Gasteiger partial charge in [-0.2, -0.15) is 0 Å². The molecule has 0 heterocycles. The van der Waals surface area contributed by atoms with Crippen molar-refractivity contribution < 1.29 is 42.9 Å². The summed E-state index contributed by atoms with van der Waals surface area (Å²) >= 11 is 0. The number of nitrogens with zero attached hydrogens (tertiary/aromatic N) is 4. The summed E-state index contributed by atoms with van der Waals surface area (Å²) in [5, 5.41) is 2.76. The maximum Gasteiger partial charge on any atom is 0.410 e. The highest BCUT2D eigenvalue weighted by Gasteiger charge is 2.28. The molecular formula is C68H133N5O9. The van der Waals surface area contributed by atoms with Gasteiger partial charge in [0.25, 0.3) is 0 Å². The number of carbonyl (C=O) groups is 5. The fraction of sp³-hybridized carbons (Fsp3) is 0.926. The third kappa shape index (κ3) is 51.0. The van der Waals surface area contributed by atoms with E-state index in [1.807, 2.05) is 67.2 Å². The van der Waals surface area contributed by atoms with Crippen molar-refractivity contribution in [2.24, 2.45) is 0 Å². The van der Waals surface area contributed by atoms with Crippen LogP contribution in [0.2, 0.25) is 0 Å². The molecule has 0 aromatic carbocycles. The second-order valence-electron chi connectivity index (χ2n) is 27.7. The van der Waals surface area contributed by atoms with Gasteiger partial charge in [-0.3, -0.25) is 9.69 Å². The van der Waals surface area contributed by atoms with Crippen molar-refractivity contribution in [1.82, 2.24) is 24.9 Å². The number of nitrogens with one attached hydrogen (secondary N) is 1. The van der Waals surface area contributed by atoms with Gasteiger partial charge in [-0.1, -0.05) is 206 Å². The van der Waals surface area contributed by atoms with Crippen LogP contribution < -0.4 is 5.32 Å². The van der Waals surface area contributed by atoms with E-state index in [9.17, 15) is 24.0 Å². The van der Waals surface area contributed by atoms with Crippen LogP contribution in [0.3, 0.4) is 0 Å². The third-order valence-corrected chi connectivity index (χ3v) is 14.4. The highest BCUT2D eigenvalue weighted by atomic mass is 16.6. The van der Waals surface area contributed by atoms with Crippen molar-refractivity contribution >= 4 is 30.3 Å². The van der Waals surface area contributed by atoms with Crippen LogP contribution >= 0.6 is 0 Å². The topological polar surface area (TPSA) is 147 Å². The molecule has 0 aliphatic rings. The largest absolute Gasteiger partial charge is 0.444 e. The van der Waals surface area contributed by atoms with Gasteiger partial charge < -0.3 is 39.0 Å². The van der Waals surface area contributed by atoms with E-state index in [2.05, 4.69) is 19.2 Å². The van der Waals surface area contributed by atoms with E-state index in [0.717, 1.165) is 25.7 Å². The highest BCUT2D eigenvalue weighted by Crippen LogP contribution is 2.19. The predicted molar refractivity (Wildman–Crippen MR) is 342 cm³/mol. The zero-order valence-electron chi connectivity index (χ0n) is 56.3. The number of unbranched alkanes of at least 4 members (excludes halogenated alkanes) is 31. The summed E-state index contributed by atoms with van der Waals surface area (Å²) in [5.74, 6) is -0.0630. The molecule has 0 fully saturated rings. The van der Waals surface area contributed by atoms with Gasteiger partial charge in [-0.15, -0.1) is 0 Å². The second-order valence-corrected chi connectivity index (χ2v) is 27.7. The molecule has 0 aliphatic heterocycles. The van der Waals surface area contributed by atoms with Gasteiger partial charge in [0.2, 0.25) is 5.91 Å². The van der Waals surface area contributed by atoms with Gasteiger partial charge in [0.1, 0.15) is 28.9 Å². The Kier molecular flexibility index (Phi) is 45.7. The molecule has 82 heavy (non-hydrogen) atoms. The van der Waals surface area contributed by atoms with Crippen LogP contribution in [0.15, 0.2) is 0 Å². The highest BCUT2D eigenvalue weighted by molar-refractivity contribution is 5.82. The molecule has 0 atom stereocenters. The molecule has 0 spiro atoms. The zero-order valence-corrected chi connectivity index (χ0v) is 56.3. The normalized spacial score (nSPS) is 12.0. The third-order valence-electron chi connectivity index (χ3n) is 14.4. The van der Waals surface area contributed by atoms with E-state index in [1.165, 1.54) is 185 Å². The van der Waals surface area contributed by atoms with Crippen molar-refractivity contribution in [3.05, 3.63) is 0 Å². The van der Waals surface area contributed by atoms with Gasteiger partial charge in [0.05, 0.1) is 0 Å². The molecule has 484 valence electrons. The molecule has 0 rings (SSSR count). The van der Waals surface area contributed by atoms with Crippen LogP contribution in [0.4, 0.5) is 19.2 Å². The summed E-state index contributed by atoms with van der Waals surface area (Å²) in [5.41, 5.74) is -2.80. The Balaban J connectivity index is 5.76. The monoisotopic (exact) mass is 1160 g/mol. The van der Waals surface area contributed by atoms with Crippen LogP contribution in [0.1, 0.15) is 328 Å². The molecule has 0 saturated carbocycles. The lowest BCUT2D eigenvalue weighted by atomic mass is 10.0. The molecule has 0 aromatic heterocycles. The first-order chi connectivity index (χ1) is 38.8. The summed E-state index contributed by atoms with van der Waals surface area (Å²) in [7, 11) is 0. The van der Waals surface area contributed by atoms with E-state index < -0.39 is 46.8 Å². The van der Waals surface area contributed by atoms with Crippen molar-refractivity contribution in [2.45, 2.75) is 350 Å². The Bertz CT molecular complexity index is 1560. The lowest BCUT2D eigenvalue weighted by Gasteiger charge is -2.31. The Hall–Kier alpha value is -3.45. The summed E-state index contributed by atoms with van der Waals surface area (Å²) in [6.07, 6.45) is 41.5. The van der Waals surface area contributed by atoms with Gasteiger partial charge in [0.15, 0.2) is 0 Å². The molecule has 0 radical (unpaired) electrons. The zero-order chi connectivity index (χ0) is 61.6. The summed E-state index contributed by atoms with van der Waals surface area (Å²) in [6.45, 7) is 29.7. The average molecular weight is 1160 g/mol. The van der Waals surface area contributed by atoms with Crippen LogP contribution in [-0.2, 0) is 23.7 Å². The minimum Gasteiger partial charge on any atom is -0.444 e. The minimum absolute atomic E-state index is 0.0630. The Morgan fingerprint density at radius 3 is 0.817 bits per heavy atom. The smallest absolute Gasteiger partial charge is 0.410 e. The van der Waals surface area contributed by atoms with E-state index in [0.29, 0.717) is 65.0 Å². The van der Waals surface area contributed by atoms with E-state index in [-0.39, 0.29) is 25.5 Å². The lowest BCUT2D eigenvalue weighted by Crippen LogP contribution is -2.46. The number of hydrogen-bond acceptors (Lipinski definition) is 9. The molecule has 0 bridgehead atoms. The lowest BCUT2D eigenvalue weighted by molar-refractivity contribution is -0.132. The minimum atomic E-state index is -0.760. The number of alkyl carbamates (subject to hydrolysis) is 1. The standard InChI is InChI=1S/C68H133N5O9/c1-15-17-19-21-23-25-27-29-31-33-35-37-39-41-43-45-52-70(53-46-44-42-40-38-36-34-32-30-28-26-24-22-20-18-16-2)60(74)59-73(64(78)82-68(12,13)14)58-50-57-72(63(77)81-67(9,10)11)55-48-47-54-71(62(76)80-66(6,7)8)56-49-51-69-61(75)79-65(3,4)5/h15-59H2,1-14H3,(H,69,75). The van der Waals surface area contributed by atoms with E-state index >= 15 is 0 Å². The first-order valence-corrected chi connectivity index (χ1v) is 33.9. The van der Waals surface area contributed by atoms with Gasteiger partial charge in [-0.05, 0) is 122 Å². The Morgan fingerprint density at radius 2 is 0.512 bits per heavy atom. The molecule has 1 N–H and O–H groups in total. The quantitative estimate of drug-likeness (QED) is 0.0464. The molecular weight excluding hydrogens is 1030 g/mol. The van der Waals surface area contributed by atoms with Crippen molar-refractivity contribution in [3.8, 4) is 0 Å². The van der Waals surface area contributed by atoms with Crippen molar-refractivity contribution in [2.75, 3.05) is 58.9 Å². The molecule has 14 heteroatoms. The number of rotatable bonds is 49. The summed E-state index contributed by atoms with van der Waals surface area (Å²) < 4.78 is 22.8.